The summed E-state index contributed by atoms with van der Waals surface area (Å²) in [5.74, 6) is -1.32. The highest BCUT2D eigenvalue weighted by atomic mass is 35.5. The van der Waals surface area contributed by atoms with Crippen molar-refractivity contribution in [2.75, 3.05) is 63.9 Å². The van der Waals surface area contributed by atoms with Gasteiger partial charge in [0.25, 0.3) is 5.91 Å². The second-order valence-electron chi connectivity index (χ2n) is 11.5. The van der Waals surface area contributed by atoms with Gasteiger partial charge in [-0.1, -0.05) is 29.3 Å². The minimum Gasteiger partial charge on any atom is -0.378 e. The van der Waals surface area contributed by atoms with Crippen LogP contribution in [0.5, 0.6) is 0 Å². The average molecular weight is 649 g/mol. The van der Waals surface area contributed by atoms with Gasteiger partial charge in [0, 0.05) is 63.5 Å². The molecule has 2 aliphatic heterocycles. The Morgan fingerprint density at radius 3 is 2.43 bits per heavy atom. The van der Waals surface area contributed by atoms with Crippen molar-refractivity contribution in [3.8, 4) is 0 Å². The third-order valence-electron chi connectivity index (χ3n) is 8.62. The van der Waals surface area contributed by atoms with Crippen molar-refractivity contribution >= 4 is 51.6 Å². The first-order valence-corrected chi connectivity index (χ1v) is 15.4. The zero-order valence-corrected chi connectivity index (χ0v) is 25.8. The van der Waals surface area contributed by atoms with Crippen LogP contribution in [0.4, 0.5) is 14.5 Å². The number of alkyl halides is 1. The van der Waals surface area contributed by atoms with E-state index in [1.807, 2.05) is 11.8 Å². The van der Waals surface area contributed by atoms with Crippen molar-refractivity contribution in [3.63, 3.8) is 0 Å². The number of nitrogens with zero attached hydrogens (tertiary/aromatic N) is 4. The van der Waals surface area contributed by atoms with E-state index in [0.717, 1.165) is 17.2 Å². The van der Waals surface area contributed by atoms with E-state index in [1.165, 1.54) is 10.8 Å². The van der Waals surface area contributed by atoms with E-state index < -0.39 is 29.4 Å². The molecule has 2 saturated heterocycles. The predicted molar refractivity (Wildman–Crippen MR) is 165 cm³/mol. The van der Waals surface area contributed by atoms with Crippen LogP contribution in [-0.2, 0) is 16.1 Å². The molecule has 2 atom stereocenters. The van der Waals surface area contributed by atoms with Crippen molar-refractivity contribution in [1.82, 2.24) is 19.7 Å². The zero-order chi connectivity index (χ0) is 31.1. The Morgan fingerprint density at radius 2 is 1.77 bits per heavy atom. The molecule has 9 nitrogen and oxygen atoms in total. The Morgan fingerprint density at radius 1 is 1.07 bits per heavy atom. The number of carbonyl (C=O) groups is 2. The molecule has 2 amide bonds. The van der Waals surface area contributed by atoms with Crippen LogP contribution in [0.15, 0.2) is 35.3 Å². The van der Waals surface area contributed by atoms with Crippen LogP contribution >= 0.6 is 23.2 Å². The molecule has 0 radical (unpaired) electrons. The van der Waals surface area contributed by atoms with Gasteiger partial charge in [-0.05, 0) is 36.2 Å². The first-order chi connectivity index (χ1) is 21.1. The van der Waals surface area contributed by atoms with Crippen LogP contribution in [0.25, 0.3) is 10.9 Å². The normalized spacial score (nSPS) is 20.7. The second kappa shape index (κ2) is 12.6. The maximum absolute atomic E-state index is 15.8. The Bertz CT molecular complexity index is 1670. The summed E-state index contributed by atoms with van der Waals surface area (Å²) in [6.07, 6.45) is 0.356. The van der Waals surface area contributed by atoms with Crippen molar-refractivity contribution in [2.45, 2.75) is 32.1 Å². The SMILES string of the molecule is Cc1cc(Cl)ccc1CNC(=O)c1cn([C@H]2C[C@H]2F)c2c(Cl)c(N3CCN(CC(=O)N4CCOCC4)CC3)c(F)cc2c1=O. The highest BCUT2D eigenvalue weighted by molar-refractivity contribution is 6.38. The average Bonchev–Trinajstić information content (AvgIpc) is 3.74. The number of hydrogen-bond donors (Lipinski definition) is 1. The third-order valence-corrected chi connectivity index (χ3v) is 9.22. The number of morpholine rings is 1. The molecule has 13 heteroatoms. The molecule has 44 heavy (non-hydrogen) atoms. The number of rotatable bonds is 7. The molecule has 1 N–H and O–H groups in total. The standard InChI is InChI=1S/C31H33Cl2F2N5O4/c1-18-12-20(32)3-2-19(18)15-36-31(43)22-16-40(25-14-23(25)34)28-21(30(22)42)13-24(35)29(27(28)33)39-6-4-37(5-7-39)17-26(41)38-8-10-44-11-9-38/h2-3,12-13,16,23,25H,4-11,14-15,17H2,1H3,(H,36,43)/t23-,25+/m1/s1. The lowest BCUT2D eigenvalue weighted by atomic mass is 10.1. The van der Waals surface area contributed by atoms with Crippen molar-refractivity contribution in [3.05, 3.63) is 73.2 Å². The largest absolute Gasteiger partial charge is 0.378 e. The quantitative estimate of drug-likeness (QED) is 0.418. The smallest absolute Gasteiger partial charge is 0.257 e. The maximum atomic E-state index is 15.8. The zero-order valence-electron chi connectivity index (χ0n) is 24.3. The fourth-order valence-electron chi connectivity index (χ4n) is 5.95. The number of amides is 2. The third kappa shape index (κ3) is 6.15. The number of aryl methyl sites for hydroxylation is 1. The molecule has 0 unspecified atom stereocenters. The molecule has 6 rings (SSSR count). The lowest BCUT2D eigenvalue weighted by Gasteiger charge is -2.37. The maximum Gasteiger partial charge on any atom is 0.257 e. The summed E-state index contributed by atoms with van der Waals surface area (Å²) in [6, 6.07) is 5.74. The van der Waals surface area contributed by atoms with E-state index in [4.69, 9.17) is 27.9 Å². The van der Waals surface area contributed by atoms with Gasteiger partial charge in [0.1, 0.15) is 17.6 Å². The van der Waals surface area contributed by atoms with Crippen LogP contribution in [0.3, 0.4) is 0 Å². The number of hydrogen-bond acceptors (Lipinski definition) is 6. The van der Waals surface area contributed by atoms with Crippen LogP contribution in [0.2, 0.25) is 10.0 Å². The number of aromatic nitrogens is 1. The minimum absolute atomic E-state index is 0.00205. The van der Waals surface area contributed by atoms with Crippen LogP contribution in [-0.4, -0.2) is 91.4 Å². The van der Waals surface area contributed by atoms with Crippen LogP contribution in [0, 0.1) is 12.7 Å². The number of nitrogens with one attached hydrogen (secondary N) is 1. The predicted octanol–water partition coefficient (Wildman–Crippen LogP) is 3.95. The number of piperazine rings is 1. The number of pyridine rings is 1. The van der Waals surface area contributed by atoms with Gasteiger partial charge in [-0.2, -0.15) is 0 Å². The van der Waals surface area contributed by atoms with Gasteiger partial charge in [0.15, 0.2) is 0 Å². The molecule has 3 heterocycles. The molecular weight excluding hydrogens is 615 g/mol. The Balaban J connectivity index is 1.25. The van der Waals surface area contributed by atoms with Gasteiger partial charge in [-0.25, -0.2) is 8.78 Å². The Labute approximate surface area is 263 Å². The summed E-state index contributed by atoms with van der Waals surface area (Å²) in [4.78, 5) is 45.1. The molecule has 3 aliphatic rings. The van der Waals surface area contributed by atoms with Crippen LogP contribution < -0.4 is 15.6 Å². The summed E-state index contributed by atoms with van der Waals surface area (Å²) in [6.45, 7) is 6.32. The summed E-state index contributed by atoms with van der Waals surface area (Å²) in [5.41, 5.74) is 1.12. The molecule has 3 aromatic rings. The monoisotopic (exact) mass is 647 g/mol. The topological polar surface area (TPSA) is 87.1 Å². The van der Waals surface area contributed by atoms with Crippen molar-refractivity contribution in [1.29, 1.82) is 0 Å². The van der Waals surface area contributed by atoms with E-state index in [-0.39, 0.29) is 52.6 Å². The van der Waals surface area contributed by atoms with Gasteiger partial charge < -0.3 is 24.4 Å². The van der Waals surface area contributed by atoms with Gasteiger partial charge in [0.05, 0.1) is 47.4 Å². The van der Waals surface area contributed by atoms with Gasteiger partial charge in [-0.3, -0.25) is 19.3 Å². The summed E-state index contributed by atoms with van der Waals surface area (Å²) < 4.78 is 37.0. The number of halogens is 4. The van der Waals surface area contributed by atoms with Crippen LogP contribution in [0.1, 0.15) is 33.9 Å². The molecule has 0 spiro atoms. The number of carbonyl (C=O) groups excluding carboxylic acids is 2. The van der Waals surface area contributed by atoms with Crippen molar-refractivity contribution in [2.24, 2.45) is 0 Å². The van der Waals surface area contributed by atoms with Gasteiger partial charge >= 0.3 is 0 Å². The number of ether oxygens (including phenoxy) is 1. The lowest BCUT2D eigenvalue weighted by Crippen LogP contribution is -2.51. The van der Waals surface area contributed by atoms with E-state index >= 15 is 4.39 Å². The molecular formula is C31H33Cl2F2N5O4. The van der Waals surface area contributed by atoms with E-state index in [0.29, 0.717) is 57.5 Å². The molecule has 1 aliphatic carbocycles. The summed E-state index contributed by atoms with van der Waals surface area (Å²) in [5, 5.41) is 3.23. The highest BCUT2D eigenvalue weighted by Gasteiger charge is 2.41. The Hall–Kier alpha value is -3.25. The Kier molecular flexibility index (Phi) is 8.83. The summed E-state index contributed by atoms with van der Waals surface area (Å²) in [7, 11) is 0. The lowest BCUT2D eigenvalue weighted by molar-refractivity contribution is -0.136. The molecule has 1 aromatic heterocycles. The molecule has 3 fully saturated rings. The number of benzene rings is 2. The first-order valence-electron chi connectivity index (χ1n) is 14.7. The fraction of sp³-hybridized carbons (Fsp3) is 0.452. The van der Waals surface area contributed by atoms with E-state index in [9.17, 15) is 18.8 Å². The first kappa shape index (κ1) is 30.8. The van der Waals surface area contributed by atoms with Crippen molar-refractivity contribution < 1.29 is 23.1 Å². The fourth-order valence-corrected chi connectivity index (χ4v) is 6.58. The summed E-state index contributed by atoms with van der Waals surface area (Å²) >= 11 is 12.9. The van der Waals surface area contributed by atoms with Gasteiger partial charge in [-0.15, -0.1) is 0 Å². The number of fused-ring (bicyclic) bond motifs is 1. The number of anilines is 1. The van der Waals surface area contributed by atoms with Gasteiger partial charge in [0.2, 0.25) is 11.3 Å². The highest BCUT2D eigenvalue weighted by Crippen LogP contribution is 2.44. The minimum atomic E-state index is -1.18. The molecule has 0 bridgehead atoms. The van der Waals surface area contributed by atoms with E-state index in [1.54, 1.807) is 28.0 Å². The second-order valence-corrected chi connectivity index (χ2v) is 12.3. The molecule has 1 saturated carbocycles. The molecule has 234 valence electrons. The van der Waals surface area contributed by atoms with E-state index in [2.05, 4.69) is 5.32 Å². The molecule has 2 aromatic carbocycles.